The van der Waals surface area contributed by atoms with E-state index in [0.717, 1.165) is 0 Å². The summed E-state index contributed by atoms with van der Waals surface area (Å²) in [6.45, 7) is 0.375. The first kappa shape index (κ1) is 27.4. The topological polar surface area (TPSA) is 172 Å². The minimum atomic E-state index is -0.621. The summed E-state index contributed by atoms with van der Waals surface area (Å²) in [4.78, 5) is 37.8. The molecule has 0 fully saturated rings. The lowest BCUT2D eigenvalue weighted by Gasteiger charge is -2.19. The van der Waals surface area contributed by atoms with E-state index in [9.17, 15) is 14.4 Å². The third-order valence-corrected chi connectivity index (χ3v) is 3.74. The summed E-state index contributed by atoms with van der Waals surface area (Å²) in [7, 11) is 3.71. The summed E-state index contributed by atoms with van der Waals surface area (Å²) in [5, 5.41) is 16.2. The SMILES string of the molecule is COC(=O)NCCOc1cc(COO)cc(OCCNC(=O)OC)c1OCCNC(=O)OC. The maximum absolute atomic E-state index is 11.2. The number of carbonyl (C=O) groups excluding carboxylic acids is 3. The van der Waals surface area contributed by atoms with Gasteiger partial charge in [0.25, 0.3) is 0 Å². The van der Waals surface area contributed by atoms with Gasteiger partial charge in [0.1, 0.15) is 26.4 Å². The van der Waals surface area contributed by atoms with Crippen molar-refractivity contribution in [1.82, 2.24) is 16.0 Å². The molecule has 0 atom stereocenters. The molecule has 0 bridgehead atoms. The summed E-state index contributed by atoms with van der Waals surface area (Å²) in [6, 6.07) is 3.11. The van der Waals surface area contributed by atoms with Crippen molar-refractivity contribution in [2.45, 2.75) is 6.61 Å². The fraction of sp³-hybridized carbons (Fsp3) is 0.526. The number of methoxy groups -OCH3 is 3. The number of amides is 3. The molecule has 14 nitrogen and oxygen atoms in total. The lowest BCUT2D eigenvalue weighted by atomic mass is 10.2. The monoisotopic (exact) mass is 475 g/mol. The molecule has 0 aliphatic rings. The van der Waals surface area contributed by atoms with Crippen molar-refractivity contribution in [3.8, 4) is 17.2 Å². The first-order chi connectivity index (χ1) is 15.9. The van der Waals surface area contributed by atoms with Crippen LogP contribution in [-0.4, -0.2) is 84.3 Å². The predicted octanol–water partition coefficient (Wildman–Crippen LogP) is 0.881. The Morgan fingerprint density at radius 1 is 0.727 bits per heavy atom. The van der Waals surface area contributed by atoms with E-state index in [4.69, 9.17) is 19.5 Å². The normalized spacial score (nSPS) is 9.94. The molecule has 0 heterocycles. The molecule has 186 valence electrons. The molecule has 1 aromatic carbocycles. The quantitative estimate of drug-likeness (QED) is 0.130. The van der Waals surface area contributed by atoms with Crippen molar-refractivity contribution < 1.29 is 52.9 Å². The third-order valence-electron chi connectivity index (χ3n) is 3.74. The van der Waals surface area contributed by atoms with Crippen molar-refractivity contribution in [2.75, 3.05) is 60.8 Å². The van der Waals surface area contributed by atoms with E-state index >= 15 is 0 Å². The van der Waals surface area contributed by atoms with Gasteiger partial charge in [-0.15, -0.1) is 0 Å². The number of nitrogens with one attached hydrogen (secondary N) is 3. The van der Waals surface area contributed by atoms with Gasteiger partial charge in [0.05, 0.1) is 41.0 Å². The van der Waals surface area contributed by atoms with Crippen LogP contribution in [0.5, 0.6) is 17.2 Å². The molecular formula is C19H29N3O11. The van der Waals surface area contributed by atoms with Crippen LogP contribution in [0.15, 0.2) is 12.1 Å². The highest BCUT2D eigenvalue weighted by atomic mass is 17.1. The number of hydrogen-bond donors (Lipinski definition) is 4. The van der Waals surface area contributed by atoms with Gasteiger partial charge < -0.3 is 44.4 Å². The van der Waals surface area contributed by atoms with Crippen molar-refractivity contribution in [3.63, 3.8) is 0 Å². The number of carbonyl (C=O) groups is 3. The molecule has 1 rings (SSSR count). The van der Waals surface area contributed by atoms with Crippen LogP contribution in [0.25, 0.3) is 0 Å². The number of alkyl carbamates (subject to hydrolysis) is 3. The first-order valence-electron chi connectivity index (χ1n) is 9.72. The molecule has 14 heteroatoms. The molecule has 0 aromatic heterocycles. The van der Waals surface area contributed by atoms with E-state index in [-0.39, 0.29) is 63.3 Å². The van der Waals surface area contributed by atoms with Gasteiger partial charge in [-0.3, -0.25) is 5.26 Å². The predicted molar refractivity (Wildman–Crippen MR) is 112 cm³/mol. The van der Waals surface area contributed by atoms with Crippen LogP contribution < -0.4 is 30.2 Å². The highest BCUT2D eigenvalue weighted by Gasteiger charge is 2.17. The van der Waals surface area contributed by atoms with Crippen LogP contribution in [0.4, 0.5) is 14.4 Å². The molecule has 1 aromatic rings. The summed E-state index contributed by atoms with van der Waals surface area (Å²) in [5.74, 6) is 0.648. The molecule has 0 saturated heterocycles. The van der Waals surface area contributed by atoms with E-state index in [0.29, 0.717) is 5.56 Å². The average molecular weight is 475 g/mol. The van der Waals surface area contributed by atoms with Crippen molar-refractivity contribution in [3.05, 3.63) is 17.7 Å². The highest BCUT2D eigenvalue weighted by Crippen LogP contribution is 2.39. The summed E-state index contributed by atoms with van der Waals surface area (Å²) < 4.78 is 30.6. The zero-order chi connectivity index (χ0) is 24.5. The number of ether oxygens (including phenoxy) is 6. The summed E-state index contributed by atoms with van der Waals surface area (Å²) >= 11 is 0. The zero-order valence-corrected chi connectivity index (χ0v) is 18.6. The second-order valence-corrected chi connectivity index (χ2v) is 6.00. The van der Waals surface area contributed by atoms with E-state index in [1.807, 2.05) is 0 Å². The number of rotatable bonds is 14. The molecule has 0 radical (unpaired) electrons. The lowest BCUT2D eigenvalue weighted by molar-refractivity contribution is -0.253. The van der Waals surface area contributed by atoms with Crippen molar-refractivity contribution in [2.24, 2.45) is 0 Å². The standard InChI is InChI=1S/C19H29N3O11/c1-27-17(23)20-4-7-30-14-10-13(12-33-26)11-15(31-8-5-21-18(24)28-2)16(14)32-9-6-22-19(25)29-3/h10-11,26H,4-9,12H2,1-3H3,(H,20,23)(H,21,24)(H,22,25). The van der Waals surface area contributed by atoms with Gasteiger partial charge in [-0.05, 0) is 17.7 Å². The lowest BCUT2D eigenvalue weighted by Crippen LogP contribution is -2.29. The Kier molecular flexibility index (Phi) is 13.3. The van der Waals surface area contributed by atoms with E-state index in [2.05, 4.69) is 35.0 Å². The van der Waals surface area contributed by atoms with Gasteiger partial charge in [0.2, 0.25) is 5.75 Å². The smallest absolute Gasteiger partial charge is 0.406 e. The molecule has 0 saturated carbocycles. The second kappa shape index (κ2) is 16.0. The van der Waals surface area contributed by atoms with Crippen LogP contribution >= 0.6 is 0 Å². The molecule has 4 N–H and O–H groups in total. The second-order valence-electron chi connectivity index (χ2n) is 6.00. The fourth-order valence-corrected chi connectivity index (χ4v) is 2.30. The molecule has 0 unspecified atom stereocenters. The molecular weight excluding hydrogens is 446 g/mol. The van der Waals surface area contributed by atoms with Crippen LogP contribution in [0, 0.1) is 0 Å². The van der Waals surface area contributed by atoms with E-state index in [1.165, 1.54) is 21.3 Å². The highest BCUT2D eigenvalue weighted by molar-refractivity contribution is 5.67. The Balaban J connectivity index is 2.97. The van der Waals surface area contributed by atoms with E-state index < -0.39 is 18.3 Å². The van der Waals surface area contributed by atoms with Gasteiger partial charge in [-0.1, -0.05) is 0 Å². The first-order valence-corrected chi connectivity index (χ1v) is 9.72. The Morgan fingerprint density at radius 2 is 1.12 bits per heavy atom. The number of benzene rings is 1. The average Bonchev–Trinajstić information content (AvgIpc) is 2.82. The van der Waals surface area contributed by atoms with Gasteiger partial charge >= 0.3 is 18.3 Å². The molecule has 33 heavy (non-hydrogen) atoms. The largest absolute Gasteiger partial charge is 0.488 e. The number of hydrogen-bond acceptors (Lipinski definition) is 11. The van der Waals surface area contributed by atoms with E-state index in [1.54, 1.807) is 12.1 Å². The van der Waals surface area contributed by atoms with Gasteiger partial charge in [-0.2, -0.15) is 0 Å². The van der Waals surface area contributed by atoms with Gasteiger partial charge in [0, 0.05) is 0 Å². The maximum Gasteiger partial charge on any atom is 0.406 e. The fourth-order valence-electron chi connectivity index (χ4n) is 2.30. The van der Waals surface area contributed by atoms with Crippen LogP contribution in [0.1, 0.15) is 5.56 Å². The molecule has 3 amide bonds. The summed E-state index contributed by atoms with van der Waals surface area (Å²) in [6.07, 6.45) is -1.85. The van der Waals surface area contributed by atoms with Crippen molar-refractivity contribution >= 4 is 18.3 Å². The van der Waals surface area contributed by atoms with Crippen molar-refractivity contribution in [1.29, 1.82) is 0 Å². The Bertz CT molecular complexity index is 715. The minimum Gasteiger partial charge on any atom is -0.488 e. The van der Waals surface area contributed by atoms with Crippen LogP contribution in [0.3, 0.4) is 0 Å². The minimum absolute atomic E-state index is 0.0402. The molecule has 0 aliphatic heterocycles. The van der Waals surface area contributed by atoms with Gasteiger partial charge in [0.15, 0.2) is 11.5 Å². The summed E-state index contributed by atoms with van der Waals surface area (Å²) in [5.41, 5.74) is 0.490. The zero-order valence-electron chi connectivity index (χ0n) is 18.6. The van der Waals surface area contributed by atoms with Crippen LogP contribution in [-0.2, 0) is 25.7 Å². The Morgan fingerprint density at radius 3 is 1.48 bits per heavy atom. The van der Waals surface area contributed by atoms with Gasteiger partial charge in [-0.25, -0.2) is 19.3 Å². The molecule has 0 spiro atoms. The Labute approximate surface area is 190 Å². The Hall–Kier alpha value is -3.65. The maximum atomic E-state index is 11.2. The van der Waals surface area contributed by atoms with Crippen LogP contribution in [0.2, 0.25) is 0 Å². The third kappa shape index (κ3) is 11.0. The molecule has 0 aliphatic carbocycles.